The quantitative estimate of drug-likeness (QED) is 0.419. The molecule has 0 aliphatic carbocycles. The van der Waals surface area contributed by atoms with Gasteiger partial charge in [0.05, 0.1) is 15.7 Å². The van der Waals surface area contributed by atoms with Crippen LogP contribution in [0.3, 0.4) is 0 Å². The number of rotatable bonds is 5. The summed E-state index contributed by atoms with van der Waals surface area (Å²) < 4.78 is 31.9. The van der Waals surface area contributed by atoms with Crippen molar-refractivity contribution in [2.45, 2.75) is 10.6 Å². The van der Waals surface area contributed by atoms with E-state index in [9.17, 15) is 13.2 Å². The molecule has 6 heteroatoms. The number of hydrogen-bond acceptors (Lipinski definition) is 4. The summed E-state index contributed by atoms with van der Waals surface area (Å²) in [4.78, 5) is 13.0. The molecule has 0 aliphatic rings. The third-order valence-corrected chi connectivity index (χ3v) is 6.58. The summed E-state index contributed by atoms with van der Waals surface area (Å²) in [5.74, 6) is -0.717. The molecule has 0 bridgehead atoms. The van der Waals surface area contributed by atoms with Gasteiger partial charge in [-0.2, -0.15) is 0 Å². The van der Waals surface area contributed by atoms with Gasteiger partial charge in [-0.05, 0) is 18.2 Å². The lowest BCUT2D eigenvalue weighted by Gasteiger charge is -2.07. The number of ketones is 1. The van der Waals surface area contributed by atoms with Crippen molar-refractivity contribution in [3.63, 3.8) is 0 Å². The number of carbonyl (C=O) groups is 1. The minimum absolute atomic E-state index is 0.0278. The maximum absolute atomic E-state index is 13.0. The molecule has 4 aromatic rings. The third kappa shape index (κ3) is 3.35. The highest BCUT2D eigenvalue weighted by atomic mass is 35.5. The fourth-order valence-electron chi connectivity index (χ4n) is 3.11. The lowest BCUT2D eigenvalue weighted by Crippen LogP contribution is -2.09. The first kappa shape index (κ1) is 18.5. The van der Waals surface area contributed by atoms with Crippen LogP contribution in [0.15, 0.2) is 88.2 Å². The van der Waals surface area contributed by atoms with Crippen LogP contribution in [-0.4, -0.2) is 14.2 Å². The van der Waals surface area contributed by atoms with Gasteiger partial charge in [-0.15, -0.1) is 0 Å². The number of carbonyl (C=O) groups excluding carboxylic acids is 1. The molecule has 0 saturated heterocycles. The smallest absolute Gasteiger partial charge is 0.228 e. The second-order valence-corrected chi connectivity index (χ2v) is 8.66. The Hall–Kier alpha value is -2.89. The van der Waals surface area contributed by atoms with Gasteiger partial charge in [0.1, 0.15) is 5.58 Å². The van der Waals surface area contributed by atoms with E-state index >= 15 is 0 Å². The zero-order valence-corrected chi connectivity index (χ0v) is 16.2. The van der Waals surface area contributed by atoms with Crippen molar-refractivity contribution >= 4 is 38.2 Å². The molecule has 3 aromatic carbocycles. The van der Waals surface area contributed by atoms with Crippen LogP contribution in [0.1, 0.15) is 21.7 Å². The molecule has 0 fully saturated rings. The largest absolute Gasteiger partial charge is 0.452 e. The second-order valence-electron chi connectivity index (χ2n) is 6.29. The SMILES string of the molecule is O=C(c1ccccc1)c1oc2ccccc2c1CS(=O)(=O)c1ccccc1Cl. The number of sulfone groups is 1. The summed E-state index contributed by atoms with van der Waals surface area (Å²) in [5, 5.41) is 0.739. The summed E-state index contributed by atoms with van der Waals surface area (Å²) in [6.45, 7) is 0. The van der Waals surface area contributed by atoms with Gasteiger partial charge >= 0.3 is 0 Å². The van der Waals surface area contributed by atoms with Crippen molar-refractivity contribution in [2.75, 3.05) is 0 Å². The van der Waals surface area contributed by atoms with Crippen molar-refractivity contribution in [2.24, 2.45) is 0 Å². The molecule has 0 unspecified atom stereocenters. The Morgan fingerprint density at radius 1 is 0.857 bits per heavy atom. The number of para-hydroxylation sites is 1. The number of halogens is 1. The summed E-state index contributed by atoms with van der Waals surface area (Å²) >= 11 is 6.10. The Morgan fingerprint density at radius 3 is 2.25 bits per heavy atom. The van der Waals surface area contributed by atoms with Gasteiger partial charge < -0.3 is 4.42 Å². The van der Waals surface area contributed by atoms with Crippen LogP contribution in [0.5, 0.6) is 0 Å². The predicted molar refractivity (Wildman–Crippen MR) is 108 cm³/mol. The first-order chi connectivity index (χ1) is 13.5. The van der Waals surface area contributed by atoms with Crippen molar-refractivity contribution in [3.8, 4) is 0 Å². The second kappa shape index (κ2) is 7.26. The highest BCUT2D eigenvalue weighted by Crippen LogP contribution is 2.32. The summed E-state index contributed by atoms with van der Waals surface area (Å²) in [7, 11) is -3.79. The number of hydrogen-bond donors (Lipinski definition) is 0. The van der Waals surface area contributed by atoms with Crippen LogP contribution >= 0.6 is 11.6 Å². The van der Waals surface area contributed by atoms with Gasteiger partial charge in [0.2, 0.25) is 5.78 Å². The highest BCUT2D eigenvalue weighted by molar-refractivity contribution is 7.90. The minimum atomic E-state index is -3.79. The van der Waals surface area contributed by atoms with Gasteiger partial charge in [0.25, 0.3) is 0 Å². The lowest BCUT2D eigenvalue weighted by atomic mass is 10.0. The van der Waals surface area contributed by atoms with E-state index in [1.165, 1.54) is 12.1 Å². The van der Waals surface area contributed by atoms with Gasteiger partial charge in [-0.3, -0.25) is 4.79 Å². The maximum atomic E-state index is 13.0. The van der Waals surface area contributed by atoms with E-state index < -0.39 is 9.84 Å². The van der Waals surface area contributed by atoms with Crippen molar-refractivity contribution in [1.29, 1.82) is 0 Å². The van der Waals surface area contributed by atoms with Gasteiger partial charge in [-0.1, -0.05) is 72.3 Å². The molecule has 140 valence electrons. The first-order valence-electron chi connectivity index (χ1n) is 8.55. The Labute approximate surface area is 167 Å². The summed E-state index contributed by atoms with van der Waals surface area (Å²) in [6, 6.07) is 21.9. The van der Waals surface area contributed by atoms with Crippen LogP contribution in [0.4, 0.5) is 0 Å². The van der Waals surface area contributed by atoms with Crippen LogP contribution < -0.4 is 0 Å². The number of benzene rings is 3. The minimum Gasteiger partial charge on any atom is -0.452 e. The predicted octanol–water partition coefficient (Wildman–Crippen LogP) is 5.29. The van der Waals surface area contributed by atoms with E-state index in [-0.39, 0.29) is 27.2 Å². The molecular formula is C22H15ClO4S. The van der Waals surface area contributed by atoms with Crippen LogP contribution in [0, 0.1) is 0 Å². The van der Waals surface area contributed by atoms with Crippen molar-refractivity contribution < 1.29 is 17.6 Å². The molecule has 4 rings (SSSR count). The zero-order chi connectivity index (χ0) is 19.7. The molecule has 0 aliphatic heterocycles. The molecule has 1 aromatic heterocycles. The standard InChI is InChI=1S/C22H15ClO4S/c23-18-11-5-7-13-20(18)28(25,26)14-17-16-10-4-6-12-19(16)27-22(17)21(24)15-8-2-1-3-9-15/h1-13H,14H2. The maximum Gasteiger partial charge on any atom is 0.228 e. The monoisotopic (exact) mass is 410 g/mol. The average molecular weight is 411 g/mol. The molecular weight excluding hydrogens is 396 g/mol. The Balaban J connectivity index is 1.87. The molecule has 4 nitrogen and oxygen atoms in total. The summed E-state index contributed by atoms with van der Waals surface area (Å²) in [6.07, 6.45) is 0. The molecule has 28 heavy (non-hydrogen) atoms. The van der Waals surface area contributed by atoms with Gasteiger partial charge in [-0.25, -0.2) is 8.42 Å². The first-order valence-corrected chi connectivity index (χ1v) is 10.6. The highest BCUT2D eigenvalue weighted by Gasteiger charge is 2.27. The topological polar surface area (TPSA) is 64.3 Å². The molecule has 0 amide bonds. The van der Waals surface area contributed by atoms with Crippen LogP contribution in [0.25, 0.3) is 11.0 Å². The third-order valence-electron chi connectivity index (χ3n) is 4.45. The Kier molecular flexibility index (Phi) is 4.79. The summed E-state index contributed by atoms with van der Waals surface area (Å²) in [5.41, 5.74) is 1.23. The molecule has 0 saturated carbocycles. The Bertz CT molecular complexity index is 1270. The van der Waals surface area contributed by atoms with Crippen LogP contribution in [0.2, 0.25) is 5.02 Å². The molecule has 0 spiro atoms. The van der Waals surface area contributed by atoms with Crippen molar-refractivity contribution in [1.82, 2.24) is 0 Å². The van der Waals surface area contributed by atoms with Crippen LogP contribution in [-0.2, 0) is 15.6 Å². The van der Waals surface area contributed by atoms with E-state index in [0.717, 1.165) is 0 Å². The molecule has 0 radical (unpaired) electrons. The van der Waals surface area contributed by atoms with E-state index in [1.54, 1.807) is 66.7 Å². The zero-order valence-electron chi connectivity index (χ0n) is 14.6. The number of furan rings is 1. The lowest BCUT2D eigenvalue weighted by molar-refractivity contribution is 0.101. The van der Waals surface area contributed by atoms with E-state index in [4.69, 9.17) is 16.0 Å². The molecule has 0 atom stereocenters. The average Bonchev–Trinajstić information content (AvgIpc) is 3.06. The van der Waals surface area contributed by atoms with E-state index in [1.807, 2.05) is 0 Å². The molecule has 0 N–H and O–H groups in total. The van der Waals surface area contributed by atoms with Crippen molar-refractivity contribution in [3.05, 3.63) is 101 Å². The fourth-order valence-corrected chi connectivity index (χ4v) is 5.07. The van der Waals surface area contributed by atoms with Gasteiger partial charge in [0, 0.05) is 16.5 Å². The molecule has 1 heterocycles. The Morgan fingerprint density at radius 2 is 1.50 bits per heavy atom. The van der Waals surface area contributed by atoms with E-state index in [2.05, 4.69) is 0 Å². The van der Waals surface area contributed by atoms with Gasteiger partial charge in [0.15, 0.2) is 15.6 Å². The number of fused-ring (bicyclic) bond motifs is 1. The fraction of sp³-hybridized carbons (Fsp3) is 0.0455. The van der Waals surface area contributed by atoms with E-state index in [0.29, 0.717) is 22.1 Å². The normalized spacial score (nSPS) is 11.6.